The van der Waals surface area contributed by atoms with Crippen molar-refractivity contribution in [2.45, 2.75) is 72.0 Å². The second-order valence-electron chi connectivity index (χ2n) is 9.44. The number of rotatable bonds is 9. The molecule has 0 aromatic heterocycles. The molecule has 2 rings (SSSR count). The van der Waals surface area contributed by atoms with E-state index in [1.54, 1.807) is 17.0 Å². The van der Waals surface area contributed by atoms with Gasteiger partial charge in [-0.15, -0.1) is 0 Å². The van der Waals surface area contributed by atoms with E-state index in [9.17, 15) is 9.59 Å². The molecule has 0 bridgehead atoms. The number of halogens is 2. The number of nitrogens with one attached hydrogen (secondary N) is 1. The Balaban J connectivity index is 2.24. The summed E-state index contributed by atoms with van der Waals surface area (Å²) >= 11 is 9.55. The summed E-state index contributed by atoms with van der Waals surface area (Å²) in [5.41, 5.74) is 1.66. The largest absolute Gasteiger partial charge is 0.483 e. The fourth-order valence-electron chi connectivity index (χ4n) is 3.37. The topological polar surface area (TPSA) is 58.6 Å². The molecule has 0 radical (unpaired) electrons. The summed E-state index contributed by atoms with van der Waals surface area (Å²) in [4.78, 5) is 27.9. The van der Waals surface area contributed by atoms with Crippen LogP contribution in [-0.2, 0) is 16.1 Å². The highest BCUT2D eigenvalue weighted by Gasteiger charge is 2.31. The second-order valence-corrected chi connectivity index (χ2v) is 10.7. The minimum absolute atomic E-state index is 0.174. The number of carbonyl (C=O) groups excluding carboxylic acids is 2. The lowest BCUT2D eigenvalue weighted by molar-refractivity contribution is -0.143. The molecule has 7 heteroatoms. The summed E-state index contributed by atoms with van der Waals surface area (Å²) in [6, 6.07) is 12.5. The molecule has 0 aliphatic rings. The fraction of sp³-hybridized carbons (Fsp3) is 0.462. The van der Waals surface area contributed by atoms with E-state index in [1.807, 2.05) is 58.0 Å². The third kappa shape index (κ3) is 8.35. The van der Waals surface area contributed by atoms with Gasteiger partial charge in [0, 0.05) is 17.1 Å². The molecule has 0 saturated heterocycles. The molecule has 0 aliphatic carbocycles. The van der Waals surface area contributed by atoms with E-state index in [1.165, 1.54) is 5.56 Å². The molecule has 180 valence electrons. The number of ether oxygens (including phenoxy) is 1. The van der Waals surface area contributed by atoms with E-state index < -0.39 is 11.6 Å². The molecule has 0 aliphatic heterocycles. The number of hydrogen-bond acceptors (Lipinski definition) is 3. The van der Waals surface area contributed by atoms with E-state index >= 15 is 0 Å². The van der Waals surface area contributed by atoms with Gasteiger partial charge in [0.25, 0.3) is 5.91 Å². The molecule has 0 spiro atoms. The minimum atomic E-state index is -0.622. The first-order valence-corrected chi connectivity index (χ1v) is 12.4. The molecule has 0 fully saturated rings. The predicted octanol–water partition coefficient (Wildman–Crippen LogP) is 6.33. The average Bonchev–Trinajstić information content (AvgIpc) is 2.72. The Morgan fingerprint density at radius 1 is 1.12 bits per heavy atom. The maximum absolute atomic E-state index is 13.3. The van der Waals surface area contributed by atoms with Gasteiger partial charge in [0.1, 0.15) is 11.8 Å². The molecule has 2 amide bonds. The van der Waals surface area contributed by atoms with Crippen molar-refractivity contribution in [3.05, 3.63) is 63.1 Å². The summed E-state index contributed by atoms with van der Waals surface area (Å²) in [6.45, 7) is 12.0. The van der Waals surface area contributed by atoms with Gasteiger partial charge in [-0.3, -0.25) is 9.59 Å². The van der Waals surface area contributed by atoms with Crippen LogP contribution in [0.2, 0.25) is 5.02 Å². The Bertz CT molecular complexity index is 955. The van der Waals surface area contributed by atoms with Crippen LogP contribution in [0.4, 0.5) is 0 Å². The Morgan fingerprint density at radius 3 is 2.27 bits per heavy atom. The number of nitrogens with zero attached hydrogens (tertiary/aromatic N) is 1. The molecule has 2 aromatic carbocycles. The van der Waals surface area contributed by atoms with E-state index in [2.05, 4.69) is 35.1 Å². The van der Waals surface area contributed by atoms with Gasteiger partial charge in [-0.2, -0.15) is 0 Å². The third-order valence-corrected chi connectivity index (χ3v) is 6.00. The minimum Gasteiger partial charge on any atom is -0.483 e. The van der Waals surface area contributed by atoms with Crippen LogP contribution in [0.1, 0.15) is 65.0 Å². The van der Waals surface area contributed by atoms with Crippen LogP contribution in [0.3, 0.4) is 0 Å². The Morgan fingerprint density at radius 2 is 1.76 bits per heavy atom. The van der Waals surface area contributed by atoms with Gasteiger partial charge in [0.2, 0.25) is 5.91 Å². The van der Waals surface area contributed by atoms with Gasteiger partial charge >= 0.3 is 0 Å². The predicted molar refractivity (Wildman–Crippen MR) is 138 cm³/mol. The first-order chi connectivity index (χ1) is 15.4. The van der Waals surface area contributed by atoms with Crippen molar-refractivity contribution < 1.29 is 14.3 Å². The average molecular weight is 538 g/mol. The molecule has 0 heterocycles. The smallest absolute Gasteiger partial charge is 0.261 e. The van der Waals surface area contributed by atoms with E-state index in [0.717, 1.165) is 10.0 Å². The zero-order valence-electron chi connectivity index (χ0n) is 20.2. The van der Waals surface area contributed by atoms with Crippen molar-refractivity contribution in [2.24, 2.45) is 0 Å². The summed E-state index contributed by atoms with van der Waals surface area (Å²) in [5.74, 6) is 0.528. The molecule has 0 saturated carbocycles. The summed E-state index contributed by atoms with van der Waals surface area (Å²) in [7, 11) is 0. The highest BCUT2D eigenvalue weighted by atomic mass is 79.9. The van der Waals surface area contributed by atoms with Crippen LogP contribution in [0, 0.1) is 0 Å². The summed E-state index contributed by atoms with van der Waals surface area (Å²) in [6.07, 6.45) is 0.480. The van der Waals surface area contributed by atoms with Crippen LogP contribution < -0.4 is 10.1 Å². The number of carbonyl (C=O) groups is 2. The monoisotopic (exact) mass is 536 g/mol. The molecule has 1 N–H and O–H groups in total. The molecule has 2 aromatic rings. The van der Waals surface area contributed by atoms with Gasteiger partial charge in [0.15, 0.2) is 6.61 Å². The van der Waals surface area contributed by atoms with E-state index in [4.69, 9.17) is 16.3 Å². The van der Waals surface area contributed by atoms with Crippen LogP contribution in [0.25, 0.3) is 0 Å². The quantitative estimate of drug-likeness (QED) is 0.407. The highest BCUT2D eigenvalue weighted by molar-refractivity contribution is 9.10. The molecule has 0 unspecified atom stereocenters. The normalized spacial score (nSPS) is 12.4. The van der Waals surface area contributed by atoms with Crippen LogP contribution in [0.15, 0.2) is 46.9 Å². The summed E-state index contributed by atoms with van der Waals surface area (Å²) in [5, 5.41) is 3.62. The maximum Gasteiger partial charge on any atom is 0.261 e. The zero-order valence-corrected chi connectivity index (χ0v) is 22.6. The van der Waals surface area contributed by atoms with Crippen LogP contribution in [0.5, 0.6) is 5.75 Å². The lowest BCUT2D eigenvalue weighted by atomic mass is 10.0. The van der Waals surface area contributed by atoms with Crippen molar-refractivity contribution >= 4 is 39.3 Å². The SMILES string of the molecule is CC[C@H](C(=O)NC(C)(C)C)N(Cc1ccc(Cl)cc1)C(=O)COc1ccc(C(C)C)cc1Br. The third-order valence-electron chi connectivity index (χ3n) is 5.12. The van der Waals surface area contributed by atoms with Gasteiger partial charge < -0.3 is 15.0 Å². The second kappa shape index (κ2) is 11.9. The van der Waals surface area contributed by atoms with Gasteiger partial charge in [-0.1, -0.05) is 50.6 Å². The first-order valence-electron chi connectivity index (χ1n) is 11.2. The number of amides is 2. The van der Waals surface area contributed by atoms with Gasteiger partial charge in [-0.25, -0.2) is 0 Å². The highest BCUT2D eigenvalue weighted by Crippen LogP contribution is 2.29. The standard InChI is InChI=1S/C26H34BrClN2O3/c1-7-22(25(32)29-26(4,5)6)30(15-18-8-11-20(28)12-9-18)24(31)16-33-23-13-10-19(17(2)3)14-21(23)27/h8-14,17,22H,7,15-16H2,1-6H3,(H,29,32)/t22-/m1/s1. The first kappa shape index (κ1) is 27.2. The lowest BCUT2D eigenvalue weighted by Gasteiger charge is -2.33. The zero-order chi connectivity index (χ0) is 24.8. The van der Waals surface area contributed by atoms with Crippen molar-refractivity contribution in [1.82, 2.24) is 10.2 Å². The van der Waals surface area contributed by atoms with Crippen molar-refractivity contribution in [3.8, 4) is 5.75 Å². The Hall–Kier alpha value is -2.05. The van der Waals surface area contributed by atoms with Gasteiger partial charge in [0.05, 0.1) is 4.47 Å². The number of hydrogen-bond donors (Lipinski definition) is 1. The Labute approximate surface area is 211 Å². The molecular weight excluding hydrogens is 504 g/mol. The van der Waals surface area contributed by atoms with E-state index in [0.29, 0.717) is 23.1 Å². The number of benzene rings is 2. The Kier molecular flexibility index (Phi) is 9.80. The van der Waals surface area contributed by atoms with E-state index in [-0.39, 0.29) is 25.0 Å². The molecule has 33 heavy (non-hydrogen) atoms. The van der Waals surface area contributed by atoms with Gasteiger partial charge in [-0.05, 0) is 84.4 Å². The lowest BCUT2D eigenvalue weighted by Crippen LogP contribution is -2.54. The molecule has 5 nitrogen and oxygen atoms in total. The van der Waals surface area contributed by atoms with Crippen LogP contribution >= 0.6 is 27.5 Å². The van der Waals surface area contributed by atoms with Crippen molar-refractivity contribution in [3.63, 3.8) is 0 Å². The molecular formula is C26H34BrClN2O3. The summed E-state index contributed by atoms with van der Waals surface area (Å²) < 4.78 is 6.65. The molecule has 1 atom stereocenters. The van der Waals surface area contributed by atoms with Crippen molar-refractivity contribution in [1.29, 1.82) is 0 Å². The van der Waals surface area contributed by atoms with Crippen molar-refractivity contribution in [2.75, 3.05) is 6.61 Å². The fourth-order valence-corrected chi connectivity index (χ4v) is 4.01. The van der Waals surface area contributed by atoms with Crippen LogP contribution in [-0.4, -0.2) is 34.9 Å². The maximum atomic E-state index is 13.3.